The number of nitro groups is 1. The Kier molecular flexibility index (Phi) is 5.26. The molecule has 20 heavy (non-hydrogen) atoms. The molecule has 1 aromatic rings. The van der Waals surface area contributed by atoms with Gasteiger partial charge in [-0.15, -0.1) is 0 Å². The van der Waals surface area contributed by atoms with Crippen LogP contribution in [0.2, 0.25) is 0 Å². The van der Waals surface area contributed by atoms with Crippen LogP contribution in [0, 0.1) is 10.1 Å². The second-order valence-electron chi connectivity index (χ2n) is 3.35. The second-order valence-corrected chi connectivity index (χ2v) is 4.14. The number of ether oxygens (including phenoxy) is 2. The van der Waals surface area contributed by atoms with Gasteiger partial charge in [0, 0.05) is 0 Å². The monoisotopic (exact) mass is 346 g/mol. The van der Waals surface area contributed by atoms with Gasteiger partial charge >= 0.3 is 6.03 Å². The van der Waals surface area contributed by atoms with Crippen LogP contribution in [0.4, 0.5) is 10.5 Å². The molecule has 0 aliphatic carbocycles. The highest BCUT2D eigenvalue weighted by Gasteiger charge is 2.23. The number of nitrogens with one attached hydrogen (secondary N) is 1. The first-order valence-electron chi connectivity index (χ1n) is 5.09. The molecule has 1 aromatic carbocycles. The van der Waals surface area contributed by atoms with E-state index in [9.17, 15) is 14.9 Å². The average molecular weight is 347 g/mol. The van der Waals surface area contributed by atoms with Crippen molar-refractivity contribution < 1.29 is 19.2 Å². The number of carbonyl (C=O) groups excluding carboxylic acids is 1. The van der Waals surface area contributed by atoms with E-state index in [1.165, 1.54) is 20.3 Å². The van der Waals surface area contributed by atoms with Crippen LogP contribution in [0.5, 0.6) is 11.5 Å². The average Bonchev–Trinajstić information content (AvgIpc) is 2.39. The van der Waals surface area contributed by atoms with Gasteiger partial charge in [-0.1, -0.05) is 0 Å². The maximum Gasteiger partial charge on any atom is 0.332 e. The van der Waals surface area contributed by atoms with Gasteiger partial charge < -0.3 is 15.2 Å². The van der Waals surface area contributed by atoms with Crippen molar-refractivity contribution >= 4 is 33.9 Å². The van der Waals surface area contributed by atoms with E-state index in [1.807, 2.05) is 5.43 Å². The van der Waals surface area contributed by atoms with Gasteiger partial charge in [-0.05, 0) is 15.9 Å². The fraction of sp³-hybridized carbons (Fsp3) is 0.200. The van der Waals surface area contributed by atoms with Crippen molar-refractivity contribution in [2.24, 2.45) is 10.8 Å². The predicted molar refractivity (Wildman–Crippen MR) is 74.2 cm³/mol. The highest BCUT2D eigenvalue weighted by Crippen LogP contribution is 2.41. The maximum absolute atomic E-state index is 11.0. The molecule has 0 aliphatic heterocycles. The van der Waals surface area contributed by atoms with Crippen LogP contribution in [0.25, 0.3) is 0 Å². The van der Waals surface area contributed by atoms with Gasteiger partial charge in [-0.2, -0.15) is 5.10 Å². The molecule has 3 N–H and O–H groups in total. The van der Waals surface area contributed by atoms with E-state index in [0.29, 0.717) is 0 Å². The lowest BCUT2D eigenvalue weighted by molar-refractivity contribution is -0.385. The molecular formula is C10H11BrN4O5. The third-order valence-electron chi connectivity index (χ3n) is 2.19. The smallest absolute Gasteiger partial charge is 0.332 e. The molecule has 2 amide bonds. The van der Waals surface area contributed by atoms with Crippen LogP contribution in [0.1, 0.15) is 5.56 Å². The van der Waals surface area contributed by atoms with Crippen LogP contribution in [-0.4, -0.2) is 31.4 Å². The molecule has 108 valence electrons. The molecule has 0 heterocycles. The first-order valence-corrected chi connectivity index (χ1v) is 5.89. The van der Waals surface area contributed by atoms with Crippen molar-refractivity contribution in [2.45, 2.75) is 0 Å². The summed E-state index contributed by atoms with van der Waals surface area (Å²) in [5.41, 5.74) is 6.84. The van der Waals surface area contributed by atoms with Crippen molar-refractivity contribution in [3.63, 3.8) is 0 Å². The lowest BCUT2D eigenvalue weighted by Gasteiger charge is -2.12. The minimum absolute atomic E-state index is 0.134. The lowest BCUT2D eigenvalue weighted by Crippen LogP contribution is -2.24. The summed E-state index contributed by atoms with van der Waals surface area (Å²) in [7, 11) is 2.72. The number of hydrogen-bond donors (Lipinski definition) is 2. The Morgan fingerprint density at radius 3 is 2.65 bits per heavy atom. The number of nitrogens with two attached hydrogens (primary N) is 1. The van der Waals surface area contributed by atoms with E-state index >= 15 is 0 Å². The first kappa shape index (κ1) is 15.7. The number of benzene rings is 1. The van der Waals surface area contributed by atoms with Gasteiger partial charge in [0.2, 0.25) is 0 Å². The summed E-state index contributed by atoms with van der Waals surface area (Å²) in [5.74, 6) is 0.378. The van der Waals surface area contributed by atoms with Crippen LogP contribution in [-0.2, 0) is 0 Å². The zero-order valence-electron chi connectivity index (χ0n) is 10.5. The van der Waals surface area contributed by atoms with E-state index < -0.39 is 11.0 Å². The van der Waals surface area contributed by atoms with Gasteiger partial charge in [0.05, 0.1) is 37.0 Å². The summed E-state index contributed by atoms with van der Waals surface area (Å²) in [6, 6.07) is 0.343. The highest BCUT2D eigenvalue weighted by molar-refractivity contribution is 9.10. The van der Waals surface area contributed by atoms with Crippen molar-refractivity contribution in [1.82, 2.24) is 5.43 Å². The zero-order chi connectivity index (χ0) is 15.3. The van der Waals surface area contributed by atoms with Gasteiger partial charge in [0.1, 0.15) is 4.47 Å². The molecule has 0 fully saturated rings. The minimum Gasteiger partial charge on any atom is -0.493 e. The second kappa shape index (κ2) is 6.70. The van der Waals surface area contributed by atoms with Gasteiger partial charge in [0.25, 0.3) is 5.69 Å². The molecule has 9 nitrogen and oxygen atoms in total. The summed E-state index contributed by atoms with van der Waals surface area (Å²) >= 11 is 3.09. The van der Waals surface area contributed by atoms with Crippen LogP contribution < -0.4 is 20.6 Å². The maximum atomic E-state index is 11.0. The Morgan fingerprint density at radius 2 is 2.20 bits per heavy atom. The third-order valence-corrected chi connectivity index (χ3v) is 3.02. The molecule has 0 unspecified atom stereocenters. The van der Waals surface area contributed by atoms with E-state index in [4.69, 9.17) is 15.2 Å². The Labute approximate surface area is 122 Å². The number of carbonyl (C=O) groups is 1. The minimum atomic E-state index is -0.867. The zero-order valence-corrected chi connectivity index (χ0v) is 12.1. The summed E-state index contributed by atoms with van der Waals surface area (Å²) in [5, 5.41) is 14.5. The summed E-state index contributed by atoms with van der Waals surface area (Å²) in [4.78, 5) is 20.9. The van der Waals surface area contributed by atoms with Gasteiger partial charge in [0.15, 0.2) is 11.5 Å². The number of methoxy groups -OCH3 is 2. The number of nitrogens with zero attached hydrogens (tertiary/aromatic N) is 2. The Morgan fingerprint density at radius 1 is 1.55 bits per heavy atom. The van der Waals surface area contributed by atoms with Gasteiger partial charge in [-0.25, -0.2) is 10.2 Å². The third kappa shape index (κ3) is 3.35. The largest absolute Gasteiger partial charge is 0.493 e. The highest BCUT2D eigenvalue weighted by atomic mass is 79.9. The molecule has 0 aliphatic rings. The predicted octanol–water partition coefficient (Wildman–Crippen LogP) is 1.38. The molecule has 0 saturated carbocycles. The standard InChI is InChI=1S/C10H11BrN4O5/c1-19-7-3-6(15(17)18)8(11)5(9(7)20-2)4-13-14-10(12)16/h3-4H,1-2H3,(H3,12,14,16). The quantitative estimate of drug-likeness (QED) is 0.472. The Balaban J connectivity index is 3.44. The van der Waals surface area contributed by atoms with Crippen LogP contribution >= 0.6 is 15.9 Å². The number of nitro benzene ring substituents is 1. The fourth-order valence-corrected chi connectivity index (χ4v) is 1.94. The summed E-state index contributed by atoms with van der Waals surface area (Å²) in [6.07, 6.45) is 1.16. The lowest BCUT2D eigenvalue weighted by atomic mass is 10.1. The normalized spacial score (nSPS) is 10.3. The van der Waals surface area contributed by atoms with E-state index in [0.717, 1.165) is 6.21 Å². The van der Waals surface area contributed by atoms with Gasteiger partial charge in [-0.3, -0.25) is 10.1 Å². The molecule has 0 radical (unpaired) electrons. The molecule has 10 heteroatoms. The van der Waals surface area contributed by atoms with Crippen molar-refractivity contribution in [2.75, 3.05) is 14.2 Å². The number of amides is 2. The number of hydrazone groups is 1. The Hall–Kier alpha value is -2.36. The molecule has 0 bridgehead atoms. The Bertz CT molecular complexity index is 575. The molecule has 0 spiro atoms. The van der Waals surface area contributed by atoms with Crippen molar-refractivity contribution in [1.29, 1.82) is 0 Å². The van der Waals surface area contributed by atoms with Crippen LogP contribution in [0.15, 0.2) is 15.6 Å². The number of halogens is 1. The summed E-state index contributed by atoms with van der Waals surface area (Å²) in [6.45, 7) is 0. The molecule has 0 aromatic heterocycles. The number of rotatable bonds is 5. The van der Waals surface area contributed by atoms with E-state index in [1.54, 1.807) is 0 Å². The molecule has 1 rings (SSSR count). The number of primary amides is 1. The molecule has 0 atom stereocenters. The van der Waals surface area contributed by atoms with E-state index in [-0.39, 0.29) is 27.2 Å². The number of hydrogen-bond acceptors (Lipinski definition) is 6. The summed E-state index contributed by atoms with van der Waals surface area (Å²) < 4.78 is 10.3. The van der Waals surface area contributed by atoms with Crippen molar-refractivity contribution in [3.8, 4) is 11.5 Å². The molecule has 0 saturated heterocycles. The fourth-order valence-electron chi connectivity index (χ4n) is 1.39. The van der Waals surface area contributed by atoms with Crippen LogP contribution in [0.3, 0.4) is 0 Å². The van der Waals surface area contributed by atoms with E-state index in [2.05, 4.69) is 21.0 Å². The topological polar surface area (TPSA) is 129 Å². The first-order chi connectivity index (χ1) is 9.42. The molecular weight excluding hydrogens is 336 g/mol. The SMILES string of the molecule is COc1cc([N+](=O)[O-])c(Br)c(C=NNC(N)=O)c1OC. The van der Waals surface area contributed by atoms with Crippen molar-refractivity contribution in [3.05, 3.63) is 26.2 Å². The number of urea groups is 1.